The highest BCUT2D eigenvalue weighted by Gasteiger charge is 2.05. The van der Waals surface area contributed by atoms with Crippen LogP contribution in [0.5, 0.6) is 0 Å². The van der Waals surface area contributed by atoms with Gasteiger partial charge in [0.1, 0.15) is 5.78 Å². The third-order valence-corrected chi connectivity index (χ3v) is 1.94. The van der Waals surface area contributed by atoms with Crippen LogP contribution in [0.15, 0.2) is 24.9 Å². The van der Waals surface area contributed by atoms with Gasteiger partial charge in [0.2, 0.25) is 0 Å². The van der Waals surface area contributed by atoms with Crippen molar-refractivity contribution in [2.45, 2.75) is 32.7 Å². The molecule has 0 aromatic carbocycles. The number of ketones is 1. The number of hydrogen-bond acceptors (Lipinski definition) is 2. The molecule has 0 spiro atoms. The molecule has 0 radical (unpaired) electrons. The molecule has 0 aliphatic rings. The lowest BCUT2D eigenvalue weighted by Crippen LogP contribution is -2.05. The molecule has 0 unspecified atom stereocenters. The minimum Gasteiger partial charge on any atom is -0.299 e. The van der Waals surface area contributed by atoms with Crippen LogP contribution in [0, 0.1) is 0 Å². The maximum Gasteiger partial charge on any atom is 0.142 e. The average molecular weight is 192 g/mol. The van der Waals surface area contributed by atoms with Gasteiger partial charge in [0.05, 0.1) is 12.1 Å². The SMILES string of the molecule is C=CCC(=O)Cc1ccn(C(C)C)n1. The molecular weight excluding hydrogens is 176 g/mol. The second kappa shape index (κ2) is 4.74. The Labute approximate surface area is 84.4 Å². The lowest BCUT2D eigenvalue weighted by atomic mass is 10.2. The molecule has 0 saturated heterocycles. The summed E-state index contributed by atoms with van der Waals surface area (Å²) in [6.45, 7) is 7.65. The highest BCUT2D eigenvalue weighted by molar-refractivity contribution is 5.81. The normalized spacial score (nSPS) is 10.5. The summed E-state index contributed by atoms with van der Waals surface area (Å²) in [4.78, 5) is 11.3. The molecule has 3 heteroatoms. The predicted molar refractivity (Wildman–Crippen MR) is 56.1 cm³/mol. The van der Waals surface area contributed by atoms with E-state index in [9.17, 15) is 4.79 Å². The van der Waals surface area contributed by atoms with E-state index in [4.69, 9.17) is 0 Å². The van der Waals surface area contributed by atoms with E-state index in [-0.39, 0.29) is 5.78 Å². The molecule has 0 bridgehead atoms. The van der Waals surface area contributed by atoms with Crippen LogP contribution in [-0.4, -0.2) is 15.6 Å². The first kappa shape index (κ1) is 10.7. The van der Waals surface area contributed by atoms with Gasteiger partial charge in [-0.3, -0.25) is 9.48 Å². The number of Topliss-reactive ketones (excluding diaryl/α,β-unsaturated/α-hetero) is 1. The molecule has 1 aromatic heterocycles. The van der Waals surface area contributed by atoms with Gasteiger partial charge in [-0.05, 0) is 19.9 Å². The molecule has 1 heterocycles. The Morgan fingerprint density at radius 1 is 1.71 bits per heavy atom. The number of hydrogen-bond donors (Lipinski definition) is 0. The van der Waals surface area contributed by atoms with Gasteiger partial charge in [0.15, 0.2) is 0 Å². The van der Waals surface area contributed by atoms with Gasteiger partial charge in [-0.1, -0.05) is 6.08 Å². The van der Waals surface area contributed by atoms with Gasteiger partial charge in [0, 0.05) is 18.7 Å². The first-order chi connectivity index (χ1) is 6.63. The fourth-order valence-electron chi connectivity index (χ4n) is 1.19. The van der Waals surface area contributed by atoms with Crippen molar-refractivity contribution in [3.8, 4) is 0 Å². The van der Waals surface area contributed by atoms with Crippen molar-refractivity contribution in [2.24, 2.45) is 0 Å². The molecule has 0 N–H and O–H groups in total. The molecule has 0 fully saturated rings. The lowest BCUT2D eigenvalue weighted by Gasteiger charge is -2.03. The van der Waals surface area contributed by atoms with E-state index in [1.807, 2.05) is 16.9 Å². The lowest BCUT2D eigenvalue weighted by molar-refractivity contribution is -0.117. The first-order valence-electron chi connectivity index (χ1n) is 4.80. The predicted octanol–water partition coefficient (Wildman–Crippen LogP) is 2.15. The van der Waals surface area contributed by atoms with Crippen LogP contribution in [0.4, 0.5) is 0 Å². The van der Waals surface area contributed by atoms with E-state index in [0.29, 0.717) is 18.9 Å². The second-order valence-electron chi connectivity index (χ2n) is 3.59. The van der Waals surface area contributed by atoms with E-state index < -0.39 is 0 Å². The van der Waals surface area contributed by atoms with Crippen LogP contribution in [-0.2, 0) is 11.2 Å². The molecular formula is C11H16N2O. The zero-order chi connectivity index (χ0) is 10.6. The largest absolute Gasteiger partial charge is 0.299 e. The Morgan fingerprint density at radius 2 is 2.43 bits per heavy atom. The Hall–Kier alpha value is -1.38. The zero-order valence-corrected chi connectivity index (χ0v) is 8.73. The molecule has 0 saturated carbocycles. The quantitative estimate of drug-likeness (QED) is 0.670. The molecule has 0 atom stereocenters. The van der Waals surface area contributed by atoms with Crippen molar-refractivity contribution in [1.82, 2.24) is 9.78 Å². The van der Waals surface area contributed by atoms with Crippen LogP contribution in [0.1, 0.15) is 32.0 Å². The molecule has 3 nitrogen and oxygen atoms in total. The summed E-state index contributed by atoms with van der Waals surface area (Å²) in [5, 5.41) is 4.29. The van der Waals surface area contributed by atoms with Crippen molar-refractivity contribution >= 4 is 5.78 Å². The van der Waals surface area contributed by atoms with Gasteiger partial charge in [-0.25, -0.2) is 0 Å². The fraction of sp³-hybridized carbons (Fsp3) is 0.455. The van der Waals surface area contributed by atoms with Crippen LogP contribution in [0.25, 0.3) is 0 Å². The zero-order valence-electron chi connectivity index (χ0n) is 8.73. The summed E-state index contributed by atoms with van der Waals surface area (Å²) in [5.74, 6) is 0.161. The van der Waals surface area contributed by atoms with Crippen molar-refractivity contribution in [1.29, 1.82) is 0 Å². The molecule has 1 aromatic rings. The summed E-state index contributed by atoms with van der Waals surface area (Å²) in [6, 6.07) is 2.24. The number of carbonyl (C=O) groups excluding carboxylic acids is 1. The highest BCUT2D eigenvalue weighted by atomic mass is 16.1. The molecule has 14 heavy (non-hydrogen) atoms. The maximum absolute atomic E-state index is 11.3. The van der Waals surface area contributed by atoms with Gasteiger partial charge in [0.25, 0.3) is 0 Å². The highest BCUT2D eigenvalue weighted by Crippen LogP contribution is 2.05. The van der Waals surface area contributed by atoms with Gasteiger partial charge in [-0.2, -0.15) is 5.10 Å². The molecule has 0 aliphatic heterocycles. The Balaban J connectivity index is 2.59. The van der Waals surface area contributed by atoms with Crippen LogP contribution >= 0.6 is 0 Å². The maximum atomic E-state index is 11.3. The third-order valence-electron chi connectivity index (χ3n) is 1.94. The average Bonchev–Trinajstić information content (AvgIpc) is 2.53. The van der Waals surface area contributed by atoms with E-state index in [2.05, 4.69) is 25.5 Å². The minimum atomic E-state index is 0.161. The molecule has 0 amide bonds. The topological polar surface area (TPSA) is 34.9 Å². The minimum absolute atomic E-state index is 0.161. The summed E-state index contributed by atoms with van der Waals surface area (Å²) in [6.07, 6.45) is 4.36. The Kier molecular flexibility index (Phi) is 3.63. The Morgan fingerprint density at radius 3 is 2.93 bits per heavy atom. The molecule has 1 rings (SSSR count). The van der Waals surface area contributed by atoms with Crippen LogP contribution in [0.2, 0.25) is 0 Å². The van der Waals surface area contributed by atoms with E-state index in [0.717, 1.165) is 5.69 Å². The number of rotatable bonds is 5. The van der Waals surface area contributed by atoms with Gasteiger partial charge >= 0.3 is 0 Å². The summed E-state index contributed by atoms with van der Waals surface area (Å²) >= 11 is 0. The van der Waals surface area contributed by atoms with Gasteiger partial charge < -0.3 is 0 Å². The van der Waals surface area contributed by atoms with Crippen molar-refractivity contribution in [3.05, 3.63) is 30.6 Å². The van der Waals surface area contributed by atoms with E-state index in [1.165, 1.54) is 0 Å². The summed E-state index contributed by atoms with van der Waals surface area (Å²) in [7, 11) is 0. The molecule has 0 aliphatic carbocycles. The first-order valence-corrected chi connectivity index (χ1v) is 4.80. The van der Waals surface area contributed by atoms with Crippen LogP contribution < -0.4 is 0 Å². The standard InChI is InChI=1S/C11H16N2O/c1-4-5-11(14)8-10-6-7-13(12-10)9(2)3/h4,6-7,9H,1,5,8H2,2-3H3. The molecule has 76 valence electrons. The second-order valence-corrected chi connectivity index (χ2v) is 3.59. The third kappa shape index (κ3) is 2.83. The monoisotopic (exact) mass is 192 g/mol. The fourth-order valence-corrected chi connectivity index (χ4v) is 1.19. The van der Waals surface area contributed by atoms with Gasteiger partial charge in [-0.15, -0.1) is 6.58 Å². The smallest absolute Gasteiger partial charge is 0.142 e. The number of allylic oxidation sites excluding steroid dienone is 1. The van der Waals surface area contributed by atoms with Crippen LogP contribution in [0.3, 0.4) is 0 Å². The Bertz CT molecular complexity index is 326. The van der Waals surface area contributed by atoms with E-state index in [1.54, 1.807) is 6.08 Å². The van der Waals surface area contributed by atoms with Crippen molar-refractivity contribution < 1.29 is 4.79 Å². The number of aromatic nitrogens is 2. The summed E-state index contributed by atoms with van der Waals surface area (Å²) in [5.41, 5.74) is 0.838. The summed E-state index contributed by atoms with van der Waals surface area (Å²) < 4.78 is 1.86. The van der Waals surface area contributed by atoms with Crippen molar-refractivity contribution in [3.63, 3.8) is 0 Å². The van der Waals surface area contributed by atoms with E-state index >= 15 is 0 Å². The number of nitrogens with zero attached hydrogens (tertiary/aromatic N) is 2. The van der Waals surface area contributed by atoms with Crippen molar-refractivity contribution in [2.75, 3.05) is 0 Å². The number of carbonyl (C=O) groups is 1.